The average Bonchev–Trinajstić information content (AvgIpc) is 2.54. The summed E-state index contributed by atoms with van der Waals surface area (Å²) in [5.41, 5.74) is 2.82. The lowest BCUT2D eigenvalue weighted by molar-refractivity contribution is 0.313. The molecule has 0 aliphatic rings. The largest absolute Gasteiger partial charge is 0.488 e. The van der Waals surface area contributed by atoms with Crippen LogP contribution in [-0.2, 0) is 22.3 Å². The van der Waals surface area contributed by atoms with Crippen molar-refractivity contribution < 1.29 is 8.95 Å². The van der Waals surface area contributed by atoms with Gasteiger partial charge in [0.05, 0.1) is 12.4 Å². The first-order chi connectivity index (χ1) is 11.5. The van der Waals surface area contributed by atoms with E-state index >= 15 is 0 Å². The van der Waals surface area contributed by atoms with Gasteiger partial charge in [-0.05, 0) is 23.5 Å². The maximum Gasteiger partial charge on any atom is 0.223 e. The minimum absolute atomic E-state index is 0.171. The van der Waals surface area contributed by atoms with Crippen molar-refractivity contribution in [2.45, 2.75) is 44.6 Å². The first kappa shape index (κ1) is 18.5. The molecule has 1 N–H and O–H groups in total. The van der Waals surface area contributed by atoms with Crippen LogP contribution < -0.4 is 10.2 Å². The first-order valence-electron chi connectivity index (χ1n) is 8.27. The molecule has 4 nitrogen and oxygen atoms in total. The molecular formula is C19H25NO3S. The summed E-state index contributed by atoms with van der Waals surface area (Å²) in [6, 6.07) is 9.69. The summed E-state index contributed by atoms with van der Waals surface area (Å²) in [5, 5.41) is 0. The van der Waals surface area contributed by atoms with Gasteiger partial charge in [0.15, 0.2) is 5.75 Å². The van der Waals surface area contributed by atoms with Gasteiger partial charge in [-0.3, -0.25) is 9.00 Å². The average molecular weight is 347 g/mol. The van der Waals surface area contributed by atoms with Gasteiger partial charge < -0.3 is 9.72 Å². The van der Waals surface area contributed by atoms with Crippen molar-refractivity contribution in [3.05, 3.63) is 63.6 Å². The zero-order valence-electron chi connectivity index (χ0n) is 14.5. The van der Waals surface area contributed by atoms with Gasteiger partial charge >= 0.3 is 0 Å². The number of ether oxygens (including phenoxy) is 1. The van der Waals surface area contributed by atoms with Crippen molar-refractivity contribution in [3.63, 3.8) is 0 Å². The van der Waals surface area contributed by atoms with E-state index in [0.717, 1.165) is 12.0 Å². The minimum Gasteiger partial charge on any atom is -0.488 e. The number of benzene rings is 1. The molecule has 24 heavy (non-hydrogen) atoms. The van der Waals surface area contributed by atoms with E-state index in [9.17, 15) is 9.00 Å². The van der Waals surface area contributed by atoms with Gasteiger partial charge in [-0.1, -0.05) is 45.0 Å². The van der Waals surface area contributed by atoms with Crippen molar-refractivity contribution in [2.24, 2.45) is 0 Å². The molecule has 1 heterocycles. The second-order valence-electron chi connectivity index (χ2n) is 6.16. The molecule has 1 unspecified atom stereocenters. The Morgan fingerprint density at radius 2 is 1.88 bits per heavy atom. The number of hydrogen-bond acceptors (Lipinski definition) is 3. The summed E-state index contributed by atoms with van der Waals surface area (Å²) >= 11 is 0. The molecule has 2 aromatic rings. The molecule has 0 fully saturated rings. The Labute approximate surface area is 145 Å². The molecule has 0 amide bonds. The van der Waals surface area contributed by atoms with Crippen LogP contribution >= 0.6 is 0 Å². The highest BCUT2D eigenvalue weighted by atomic mass is 32.2. The highest BCUT2D eigenvalue weighted by Gasteiger charge is 2.08. The molecular weight excluding hydrogens is 322 g/mol. The molecule has 1 aromatic heterocycles. The number of hydrogen-bond donors (Lipinski definition) is 1. The topological polar surface area (TPSA) is 59.2 Å². The molecule has 130 valence electrons. The number of pyridine rings is 1. The van der Waals surface area contributed by atoms with Crippen molar-refractivity contribution in [2.75, 3.05) is 6.61 Å². The fourth-order valence-corrected chi connectivity index (χ4v) is 3.50. The zero-order valence-corrected chi connectivity index (χ0v) is 15.3. The van der Waals surface area contributed by atoms with E-state index in [0.29, 0.717) is 35.5 Å². The van der Waals surface area contributed by atoms with Crippen LogP contribution in [0.15, 0.2) is 41.3 Å². The molecule has 0 saturated heterocycles. The number of H-pyrrole nitrogens is 1. The van der Waals surface area contributed by atoms with Crippen LogP contribution in [0.3, 0.4) is 0 Å². The van der Waals surface area contributed by atoms with Crippen molar-refractivity contribution in [1.82, 2.24) is 4.98 Å². The van der Waals surface area contributed by atoms with Crippen LogP contribution in [0.2, 0.25) is 0 Å². The second kappa shape index (κ2) is 8.83. The lowest BCUT2D eigenvalue weighted by Crippen LogP contribution is -2.11. The normalized spacial score (nSPS) is 12.3. The summed E-state index contributed by atoms with van der Waals surface area (Å²) < 4.78 is 17.7. The number of rotatable bonds is 8. The summed E-state index contributed by atoms with van der Waals surface area (Å²) in [6.45, 7) is 6.80. The first-order valence-corrected chi connectivity index (χ1v) is 9.76. The minimum atomic E-state index is -1.07. The van der Waals surface area contributed by atoms with E-state index in [-0.39, 0.29) is 5.43 Å². The summed E-state index contributed by atoms with van der Waals surface area (Å²) in [7, 11) is -1.07. The zero-order chi connectivity index (χ0) is 17.5. The van der Waals surface area contributed by atoms with Gasteiger partial charge in [0, 0.05) is 34.5 Å². The van der Waals surface area contributed by atoms with Crippen molar-refractivity contribution >= 4 is 10.8 Å². The quantitative estimate of drug-likeness (QED) is 0.791. The molecule has 1 atom stereocenters. The third kappa shape index (κ3) is 5.34. The Morgan fingerprint density at radius 3 is 2.46 bits per heavy atom. The molecule has 0 bridgehead atoms. The maximum atomic E-state index is 12.3. The predicted octanol–water partition coefficient (Wildman–Crippen LogP) is 3.74. The summed E-state index contributed by atoms with van der Waals surface area (Å²) in [4.78, 5) is 15.0. The number of aromatic nitrogens is 1. The predicted molar refractivity (Wildman–Crippen MR) is 98.9 cm³/mol. The van der Waals surface area contributed by atoms with Crippen LogP contribution in [0, 0.1) is 0 Å². The van der Waals surface area contributed by atoms with Crippen LogP contribution in [0.5, 0.6) is 5.75 Å². The van der Waals surface area contributed by atoms with Crippen LogP contribution in [0.1, 0.15) is 49.9 Å². The van der Waals surface area contributed by atoms with Crippen LogP contribution in [-0.4, -0.2) is 15.8 Å². The van der Waals surface area contributed by atoms with Gasteiger partial charge in [-0.15, -0.1) is 0 Å². The Morgan fingerprint density at radius 1 is 1.17 bits per heavy atom. The Balaban J connectivity index is 1.96. The van der Waals surface area contributed by atoms with Crippen LogP contribution in [0.4, 0.5) is 0 Å². The van der Waals surface area contributed by atoms with Gasteiger partial charge in [0.25, 0.3) is 0 Å². The van der Waals surface area contributed by atoms with Gasteiger partial charge in [0.2, 0.25) is 5.43 Å². The molecule has 0 aliphatic carbocycles. The lowest BCUT2D eigenvalue weighted by Gasteiger charge is -2.08. The maximum absolute atomic E-state index is 12.3. The third-order valence-electron chi connectivity index (χ3n) is 3.69. The van der Waals surface area contributed by atoms with E-state index in [1.54, 1.807) is 6.20 Å². The van der Waals surface area contributed by atoms with E-state index in [1.165, 1.54) is 11.6 Å². The monoisotopic (exact) mass is 347 g/mol. The van der Waals surface area contributed by atoms with Gasteiger partial charge in [0.1, 0.15) is 0 Å². The SMILES string of the molecule is CCCOc1c[nH]c(CS(=O)Cc2ccc(C(C)C)cc2)cc1=O. The Bertz CT molecular complexity index is 735. The number of aromatic amines is 1. The van der Waals surface area contributed by atoms with E-state index < -0.39 is 10.8 Å². The van der Waals surface area contributed by atoms with Crippen molar-refractivity contribution in [1.29, 1.82) is 0 Å². The Kier molecular flexibility index (Phi) is 6.79. The lowest BCUT2D eigenvalue weighted by atomic mass is 10.0. The van der Waals surface area contributed by atoms with Crippen LogP contribution in [0.25, 0.3) is 0 Å². The summed E-state index contributed by atoms with van der Waals surface area (Å²) in [6.07, 6.45) is 2.41. The fourth-order valence-electron chi connectivity index (χ4n) is 2.32. The molecule has 5 heteroatoms. The highest BCUT2D eigenvalue weighted by Crippen LogP contribution is 2.16. The molecule has 0 spiro atoms. The Hall–Kier alpha value is -1.88. The third-order valence-corrected chi connectivity index (χ3v) is 4.98. The highest BCUT2D eigenvalue weighted by molar-refractivity contribution is 7.83. The smallest absolute Gasteiger partial charge is 0.223 e. The summed E-state index contributed by atoms with van der Waals surface area (Å²) in [5.74, 6) is 1.61. The van der Waals surface area contributed by atoms with Gasteiger partial charge in [-0.2, -0.15) is 0 Å². The van der Waals surface area contributed by atoms with E-state index in [4.69, 9.17) is 4.74 Å². The van der Waals surface area contributed by atoms with Gasteiger partial charge in [-0.25, -0.2) is 0 Å². The second-order valence-corrected chi connectivity index (χ2v) is 7.62. The molecule has 1 aromatic carbocycles. The molecule has 0 aliphatic heterocycles. The van der Waals surface area contributed by atoms with E-state index in [1.807, 2.05) is 19.1 Å². The standard InChI is InChI=1S/C19H25NO3S/c1-4-9-23-19-11-20-17(10-18(19)21)13-24(22)12-15-5-7-16(8-6-15)14(2)3/h5-8,10-11,14H,4,9,12-13H2,1-3H3,(H,20,21). The molecule has 0 radical (unpaired) electrons. The fraction of sp³-hybridized carbons (Fsp3) is 0.421. The number of nitrogens with one attached hydrogen (secondary N) is 1. The van der Waals surface area contributed by atoms with Crippen molar-refractivity contribution in [3.8, 4) is 5.75 Å². The molecule has 0 saturated carbocycles. The molecule has 2 rings (SSSR count). The van der Waals surface area contributed by atoms with E-state index in [2.05, 4.69) is 31.0 Å².